The van der Waals surface area contributed by atoms with Crippen molar-refractivity contribution in [1.29, 1.82) is 0 Å². The van der Waals surface area contributed by atoms with Gasteiger partial charge in [-0.1, -0.05) is 6.58 Å². The molecule has 0 aromatic heterocycles. The van der Waals surface area contributed by atoms with E-state index < -0.39 is 0 Å². The molecule has 5 heteroatoms. The number of urea groups is 1. The molecule has 0 aromatic carbocycles. The quantitative estimate of drug-likeness (QED) is 0.343. The first kappa shape index (κ1) is 11.5. The fourth-order valence-corrected chi connectivity index (χ4v) is 0.738. The first-order chi connectivity index (χ1) is 6.04. The summed E-state index contributed by atoms with van der Waals surface area (Å²) in [6, 6.07) is 0.0103. The summed E-state index contributed by atoms with van der Waals surface area (Å²) in [5.41, 5.74) is 0. The molecule has 0 radical (unpaired) electrons. The summed E-state index contributed by atoms with van der Waals surface area (Å²) >= 11 is 0. The van der Waals surface area contributed by atoms with E-state index in [0.29, 0.717) is 0 Å². The van der Waals surface area contributed by atoms with E-state index in [4.69, 9.17) is 4.74 Å². The Balaban J connectivity index is 4.46. The Bertz CT molecular complexity index is 223. The van der Waals surface area contributed by atoms with Crippen molar-refractivity contribution in [3.05, 3.63) is 12.8 Å². The summed E-state index contributed by atoms with van der Waals surface area (Å²) in [6.45, 7) is 3.38. The lowest BCUT2D eigenvalue weighted by molar-refractivity contribution is 0.193. The average molecular weight is 185 g/mol. The monoisotopic (exact) mass is 185 g/mol. The predicted molar refractivity (Wildman–Crippen MR) is 51.5 cm³/mol. The van der Waals surface area contributed by atoms with Crippen LogP contribution in [0.3, 0.4) is 0 Å². The zero-order valence-electron chi connectivity index (χ0n) is 8.44. The number of hydrogen-bond acceptors (Lipinski definition) is 3. The highest BCUT2D eigenvalue weighted by atomic mass is 16.5. The third-order valence-electron chi connectivity index (χ3n) is 1.34. The molecule has 0 unspecified atom stereocenters. The topological polar surface area (TPSA) is 45.1 Å². The second-order valence-electron chi connectivity index (χ2n) is 2.53. The molecule has 5 nitrogen and oxygen atoms in total. The van der Waals surface area contributed by atoms with Gasteiger partial charge in [0.15, 0.2) is 0 Å². The molecular weight excluding hydrogens is 170 g/mol. The van der Waals surface area contributed by atoms with Gasteiger partial charge >= 0.3 is 6.03 Å². The number of ether oxygens (including phenoxy) is 1. The van der Waals surface area contributed by atoms with E-state index in [9.17, 15) is 4.79 Å². The van der Waals surface area contributed by atoms with E-state index in [1.54, 1.807) is 21.1 Å². The van der Waals surface area contributed by atoms with Gasteiger partial charge < -0.3 is 9.64 Å². The van der Waals surface area contributed by atoms with Gasteiger partial charge in [0.05, 0.1) is 6.26 Å². The number of aliphatic imine (C=N–C) groups is 1. The summed E-state index contributed by atoms with van der Waals surface area (Å²) in [5.74, 6) is 0. The highest BCUT2D eigenvalue weighted by molar-refractivity contribution is 5.92. The van der Waals surface area contributed by atoms with Crippen LogP contribution in [0.5, 0.6) is 0 Å². The molecule has 0 aromatic rings. The van der Waals surface area contributed by atoms with Crippen LogP contribution in [0.2, 0.25) is 0 Å². The van der Waals surface area contributed by atoms with Crippen molar-refractivity contribution in [2.24, 2.45) is 4.99 Å². The minimum Gasteiger partial charge on any atom is -0.434 e. The van der Waals surface area contributed by atoms with E-state index in [-0.39, 0.29) is 12.1 Å². The van der Waals surface area contributed by atoms with Crippen LogP contribution < -0.4 is 0 Å². The molecule has 0 N–H and O–H groups in total. The average Bonchev–Trinajstić information content (AvgIpc) is 2.11. The van der Waals surface area contributed by atoms with Gasteiger partial charge in [-0.25, -0.2) is 9.79 Å². The summed E-state index contributed by atoms with van der Waals surface area (Å²) in [4.78, 5) is 17.9. The summed E-state index contributed by atoms with van der Waals surface area (Å²) < 4.78 is 4.92. The number of carbonyl (C=O) groups is 1. The van der Waals surface area contributed by atoms with Gasteiger partial charge in [0, 0.05) is 28.2 Å². The van der Waals surface area contributed by atoms with Crippen LogP contribution in [0.1, 0.15) is 0 Å². The maximum atomic E-state index is 11.4. The summed E-state index contributed by atoms with van der Waals surface area (Å²) in [7, 11) is 6.42. The number of rotatable bonds is 1. The van der Waals surface area contributed by atoms with Gasteiger partial charge in [-0.3, -0.25) is 4.90 Å². The Morgan fingerprint density at radius 3 is 2.31 bits per heavy atom. The molecule has 0 heterocycles. The fraction of sp³-hybridized carbons (Fsp3) is 0.500. The number of hydrogen-bond donors (Lipinski definition) is 0. The molecule has 0 atom stereocenters. The molecule has 2 amide bonds. The number of nitrogens with zero attached hydrogens (tertiary/aromatic N) is 3. The molecule has 0 rings (SSSR count). The minimum absolute atomic E-state index is 0.206. The van der Waals surface area contributed by atoms with Gasteiger partial charge in [0.1, 0.15) is 0 Å². The maximum Gasteiger partial charge on any atom is 0.327 e. The summed E-state index contributed by atoms with van der Waals surface area (Å²) in [6.07, 6.45) is 1.22. The minimum atomic E-state index is -0.206. The van der Waals surface area contributed by atoms with Gasteiger partial charge in [0.2, 0.25) is 0 Å². The van der Waals surface area contributed by atoms with Crippen molar-refractivity contribution in [2.75, 3.05) is 28.2 Å². The van der Waals surface area contributed by atoms with E-state index in [2.05, 4.69) is 11.6 Å². The van der Waals surface area contributed by atoms with Crippen LogP contribution >= 0.6 is 0 Å². The van der Waals surface area contributed by atoms with Crippen molar-refractivity contribution in [1.82, 2.24) is 9.80 Å². The van der Waals surface area contributed by atoms with Crippen LogP contribution in [0.15, 0.2) is 17.8 Å². The molecule has 0 fully saturated rings. The first-order valence-corrected chi connectivity index (χ1v) is 3.74. The molecular formula is C8H15N3O2. The fourth-order valence-electron chi connectivity index (χ4n) is 0.738. The predicted octanol–water partition coefficient (Wildman–Crippen LogP) is 0.746. The van der Waals surface area contributed by atoms with Crippen LogP contribution in [0, 0.1) is 0 Å². The van der Waals surface area contributed by atoms with Crippen molar-refractivity contribution >= 4 is 12.1 Å². The van der Waals surface area contributed by atoms with E-state index >= 15 is 0 Å². The Hall–Kier alpha value is -1.52. The Morgan fingerprint density at radius 1 is 1.46 bits per heavy atom. The second-order valence-corrected chi connectivity index (χ2v) is 2.53. The smallest absolute Gasteiger partial charge is 0.327 e. The first-order valence-electron chi connectivity index (χ1n) is 3.74. The largest absolute Gasteiger partial charge is 0.434 e. The molecule has 0 saturated carbocycles. The van der Waals surface area contributed by atoms with E-state index in [0.717, 1.165) is 0 Å². The molecule has 0 aliphatic carbocycles. The lowest BCUT2D eigenvalue weighted by Crippen LogP contribution is -2.40. The third-order valence-corrected chi connectivity index (χ3v) is 1.34. The zero-order valence-corrected chi connectivity index (χ0v) is 8.44. The molecule has 0 aliphatic rings. The van der Waals surface area contributed by atoms with E-state index in [1.165, 1.54) is 23.1 Å². The Morgan fingerprint density at radius 2 is 2.00 bits per heavy atom. The van der Waals surface area contributed by atoms with Gasteiger partial charge in [0.25, 0.3) is 6.02 Å². The molecule has 0 aliphatic heterocycles. The highest BCUT2D eigenvalue weighted by Gasteiger charge is 2.16. The zero-order chi connectivity index (χ0) is 10.4. The Labute approximate surface area is 78.3 Å². The third kappa shape index (κ3) is 3.14. The Kier molecular flexibility index (Phi) is 4.58. The SMILES string of the molecule is C=COC(=NC)N(C)C(=O)N(C)C. The van der Waals surface area contributed by atoms with E-state index in [1.807, 2.05) is 0 Å². The standard InChI is InChI=1S/C8H15N3O2/c1-6-13-7(9-2)11(5)8(12)10(3)4/h6H,1H2,2-5H3. The molecule has 0 spiro atoms. The van der Waals surface area contributed by atoms with Crippen LogP contribution in [-0.2, 0) is 4.74 Å². The molecule has 0 saturated heterocycles. The molecule has 74 valence electrons. The highest BCUT2D eigenvalue weighted by Crippen LogP contribution is 1.95. The summed E-state index contributed by atoms with van der Waals surface area (Å²) in [5, 5.41) is 0. The normalized spacial score (nSPS) is 10.6. The van der Waals surface area contributed by atoms with Crippen molar-refractivity contribution in [3.63, 3.8) is 0 Å². The van der Waals surface area contributed by atoms with Crippen LogP contribution in [-0.4, -0.2) is 50.0 Å². The van der Waals surface area contributed by atoms with Crippen LogP contribution in [0.25, 0.3) is 0 Å². The van der Waals surface area contributed by atoms with Gasteiger partial charge in [-0.2, -0.15) is 0 Å². The van der Waals surface area contributed by atoms with Gasteiger partial charge in [-0.15, -0.1) is 0 Å². The van der Waals surface area contributed by atoms with Crippen molar-refractivity contribution < 1.29 is 9.53 Å². The van der Waals surface area contributed by atoms with Crippen LogP contribution in [0.4, 0.5) is 4.79 Å². The molecule has 13 heavy (non-hydrogen) atoms. The van der Waals surface area contributed by atoms with Crippen molar-refractivity contribution in [2.45, 2.75) is 0 Å². The molecule has 0 bridgehead atoms. The number of amides is 2. The maximum absolute atomic E-state index is 11.4. The lowest BCUT2D eigenvalue weighted by atomic mass is 10.7. The lowest BCUT2D eigenvalue weighted by Gasteiger charge is -2.21. The second kappa shape index (κ2) is 5.18. The number of amidine groups is 1. The van der Waals surface area contributed by atoms with Gasteiger partial charge in [-0.05, 0) is 0 Å². The number of carbonyl (C=O) groups excluding carboxylic acids is 1. The van der Waals surface area contributed by atoms with Crippen molar-refractivity contribution in [3.8, 4) is 0 Å².